The molecule has 1 aromatic carbocycles. The summed E-state index contributed by atoms with van der Waals surface area (Å²) in [6.45, 7) is -1.52. The van der Waals surface area contributed by atoms with Gasteiger partial charge in [0, 0.05) is 23.4 Å². The van der Waals surface area contributed by atoms with Crippen molar-refractivity contribution in [3.8, 4) is 0 Å². The van der Waals surface area contributed by atoms with Crippen LogP contribution in [-0.4, -0.2) is 43.6 Å². The highest BCUT2D eigenvalue weighted by Crippen LogP contribution is 2.35. The van der Waals surface area contributed by atoms with Crippen LogP contribution in [0.15, 0.2) is 67.0 Å². The molecule has 3 heterocycles. The Balaban J connectivity index is 1.35. The molecule has 8 nitrogen and oxygen atoms in total. The van der Waals surface area contributed by atoms with Crippen LogP contribution in [-0.2, 0) is 11.2 Å². The summed E-state index contributed by atoms with van der Waals surface area (Å²) in [4.78, 5) is 21.8. The zero-order valence-electron chi connectivity index (χ0n) is 18.9. The van der Waals surface area contributed by atoms with Gasteiger partial charge < -0.3 is 10.2 Å². The van der Waals surface area contributed by atoms with Crippen molar-refractivity contribution < 1.29 is 22.4 Å². The Morgan fingerprint density at radius 3 is 2.69 bits per heavy atom. The second kappa shape index (κ2) is 9.51. The fraction of sp³-hybridized carbons (Fsp3) is 0.292. The van der Waals surface area contributed by atoms with E-state index in [9.17, 15) is 22.4 Å². The van der Waals surface area contributed by atoms with E-state index in [0.29, 0.717) is 17.0 Å². The van der Waals surface area contributed by atoms with Gasteiger partial charge in [-0.25, -0.2) is 19.0 Å². The molecule has 186 valence electrons. The Bertz CT molecular complexity index is 1320. The van der Waals surface area contributed by atoms with Crippen LogP contribution in [0.5, 0.6) is 0 Å². The summed E-state index contributed by atoms with van der Waals surface area (Å²) in [5.41, 5.74) is 2.19. The number of nitrogens with zero attached hydrogens (tertiary/aromatic N) is 6. The molecule has 3 aromatic rings. The summed E-state index contributed by atoms with van der Waals surface area (Å²) in [5, 5.41) is 11.4. The van der Waals surface area contributed by atoms with E-state index in [1.807, 2.05) is 18.2 Å². The van der Waals surface area contributed by atoms with Crippen LogP contribution in [0.4, 0.5) is 28.9 Å². The predicted molar refractivity (Wildman–Crippen MR) is 122 cm³/mol. The smallest absolute Gasteiger partial charge is 0.353 e. The van der Waals surface area contributed by atoms with E-state index in [0.717, 1.165) is 11.4 Å². The second-order valence-corrected chi connectivity index (χ2v) is 8.57. The summed E-state index contributed by atoms with van der Waals surface area (Å²) in [5.74, 6) is -1.57. The number of carbonyl (C=O) groups is 1. The van der Waals surface area contributed by atoms with Crippen LogP contribution in [0.25, 0.3) is 0 Å². The number of rotatable bonds is 5. The van der Waals surface area contributed by atoms with Gasteiger partial charge in [0.05, 0.1) is 29.5 Å². The number of benzene rings is 1. The summed E-state index contributed by atoms with van der Waals surface area (Å²) >= 11 is 0. The summed E-state index contributed by atoms with van der Waals surface area (Å²) in [6, 6.07) is 2.78. The molecule has 12 heteroatoms. The maximum absolute atomic E-state index is 14.5. The lowest BCUT2D eigenvalue weighted by Gasteiger charge is -2.26. The Hall–Kier alpha value is -4.09. The van der Waals surface area contributed by atoms with E-state index in [1.54, 1.807) is 18.6 Å². The van der Waals surface area contributed by atoms with E-state index in [4.69, 9.17) is 0 Å². The lowest BCUT2D eigenvalue weighted by Crippen LogP contribution is -2.42. The van der Waals surface area contributed by atoms with Crippen LogP contribution >= 0.6 is 0 Å². The van der Waals surface area contributed by atoms with E-state index >= 15 is 0 Å². The van der Waals surface area contributed by atoms with E-state index in [-0.39, 0.29) is 30.0 Å². The number of halogens is 4. The molecule has 36 heavy (non-hydrogen) atoms. The highest BCUT2D eigenvalue weighted by atomic mass is 19.4. The van der Waals surface area contributed by atoms with Crippen molar-refractivity contribution in [2.75, 3.05) is 16.8 Å². The molecular weight excluding hydrogens is 478 g/mol. The molecule has 0 saturated heterocycles. The SMILES string of the molecule is O=C1C(n2cc(C3C=CC(Nc4cncnc4)=CC3)nn2)CCc2c(F)cccc2N1CC(F)(F)F. The zero-order valence-corrected chi connectivity index (χ0v) is 18.9. The van der Waals surface area contributed by atoms with Crippen LogP contribution in [0.2, 0.25) is 0 Å². The molecule has 1 aliphatic heterocycles. The number of alkyl halides is 3. The number of fused-ring (bicyclic) bond motifs is 1. The van der Waals surface area contributed by atoms with Crippen LogP contribution in [0.1, 0.15) is 36.1 Å². The van der Waals surface area contributed by atoms with Gasteiger partial charge in [0.2, 0.25) is 0 Å². The molecular formula is C24H21F4N7O. The first-order chi connectivity index (χ1) is 17.3. The monoisotopic (exact) mass is 499 g/mol. The molecule has 2 unspecified atom stereocenters. The van der Waals surface area contributed by atoms with Crippen molar-refractivity contribution >= 4 is 17.3 Å². The fourth-order valence-corrected chi connectivity index (χ4v) is 4.41. The van der Waals surface area contributed by atoms with Crippen molar-refractivity contribution in [3.05, 3.63) is 84.1 Å². The van der Waals surface area contributed by atoms with Gasteiger partial charge in [0.15, 0.2) is 0 Å². The quantitative estimate of drug-likeness (QED) is 0.526. The molecule has 0 spiro atoms. The van der Waals surface area contributed by atoms with Crippen molar-refractivity contribution in [2.24, 2.45) is 0 Å². The first kappa shape index (κ1) is 23.6. The number of carbonyl (C=O) groups excluding carboxylic acids is 1. The van der Waals surface area contributed by atoms with Crippen molar-refractivity contribution in [3.63, 3.8) is 0 Å². The second-order valence-electron chi connectivity index (χ2n) is 8.57. The number of hydrogen-bond donors (Lipinski definition) is 1. The molecule has 5 rings (SSSR count). The van der Waals surface area contributed by atoms with Crippen LogP contribution in [0.3, 0.4) is 0 Å². The molecule has 0 saturated carbocycles. The number of allylic oxidation sites excluding steroid dienone is 3. The first-order valence-electron chi connectivity index (χ1n) is 11.3. The van der Waals surface area contributed by atoms with E-state index < -0.39 is 30.5 Å². The molecule has 1 amide bonds. The molecule has 2 aromatic heterocycles. The third-order valence-electron chi connectivity index (χ3n) is 6.12. The van der Waals surface area contributed by atoms with Gasteiger partial charge in [-0.1, -0.05) is 23.4 Å². The predicted octanol–water partition coefficient (Wildman–Crippen LogP) is 4.33. The summed E-state index contributed by atoms with van der Waals surface area (Å²) in [6.07, 6.45) is 8.21. The number of aromatic nitrogens is 5. The number of anilines is 2. The number of amides is 1. The molecule has 2 atom stereocenters. The van der Waals surface area contributed by atoms with Gasteiger partial charge in [-0.3, -0.25) is 4.79 Å². The maximum atomic E-state index is 14.5. The summed E-state index contributed by atoms with van der Waals surface area (Å²) < 4.78 is 55.8. The van der Waals surface area contributed by atoms with Gasteiger partial charge in [-0.15, -0.1) is 5.10 Å². The Labute approximate surface area is 203 Å². The summed E-state index contributed by atoms with van der Waals surface area (Å²) in [7, 11) is 0. The topological polar surface area (TPSA) is 88.8 Å². The average molecular weight is 499 g/mol. The van der Waals surface area contributed by atoms with Crippen LogP contribution < -0.4 is 10.2 Å². The third-order valence-corrected chi connectivity index (χ3v) is 6.12. The van der Waals surface area contributed by atoms with Crippen molar-refractivity contribution in [2.45, 2.75) is 37.4 Å². The molecule has 2 aliphatic rings. The van der Waals surface area contributed by atoms with Gasteiger partial charge in [-0.05, 0) is 37.5 Å². The molecule has 1 N–H and O–H groups in total. The van der Waals surface area contributed by atoms with E-state index in [2.05, 4.69) is 25.6 Å². The molecule has 0 bridgehead atoms. The Kier molecular flexibility index (Phi) is 6.25. The average Bonchev–Trinajstić information content (AvgIpc) is 3.29. The minimum Gasteiger partial charge on any atom is -0.353 e. The van der Waals surface area contributed by atoms with Crippen molar-refractivity contribution in [1.29, 1.82) is 0 Å². The molecule has 0 radical (unpaired) electrons. The van der Waals surface area contributed by atoms with Gasteiger partial charge in [0.25, 0.3) is 5.91 Å². The fourth-order valence-electron chi connectivity index (χ4n) is 4.41. The highest BCUT2D eigenvalue weighted by Gasteiger charge is 2.40. The third kappa shape index (κ3) is 4.97. The molecule has 1 aliphatic carbocycles. The van der Waals surface area contributed by atoms with E-state index in [1.165, 1.54) is 29.2 Å². The van der Waals surface area contributed by atoms with Crippen LogP contribution in [0, 0.1) is 5.82 Å². The normalized spacial score (nSPS) is 20.1. The standard InChI is InChI=1S/C24H21F4N7O/c25-19-2-1-3-21-18(19)8-9-22(23(36)34(21)13-24(26,27)28)35-12-20(32-33-35)15-4-6-16(7-5-15)31-17-10-29-14-30-11-17/h1-4,6-7,10-12,14-15,22,31H,5,8-9,13H2. The minimum atomic E-state index is -4.65. The minimum absolute atomic E-state index is 0.0654. The maximum Gasteiger partial charge on any atom is 0.406 e. The Morgan fingerprint density at radius 2 is 1.97 bits per heavy atom. The first-order valence-corrected chi connectivity index (χ1v) is 11.3. The number of hydrogen-bond acceptors (Lipinski definition) is 6. The van der Waals surface area contributed by atoms with Gasteiger partial charge in [0.1, 0.15) is 24.7 Å². The molecule has 0 fully saturated rings. The largest absolute Gasteiger partial charge is 0.406 e. The van der Waals surface area contributed by atoms with Crippen molar-refractivity contribution in [1.82, 2.24) is 25.0 Å². The number of nitrogens with one attached hydrogen (secondary N) is 1. The Morgan fingerprint density at radius 1 is 1.17 bits per heavy atom. The highest BCUT2D eigenvalue weighted by molar-refractivity contribution is 5.97. The lowest BCUT2D eigenvalue weighted by molar-refractivity contribution is -0.134. The van der Waals surface area contributed by atoms with Gasteiger partial charge >= 0.3 is 6.18 Å². The van der Waals surface area contributed by atoms with Gasteiger partial charge in [-0.2, -0.15) is 13.2 Å². The zero-order chi connectivity index (χ0) is 25.3. The lowest BCUT2D eigenvalue weighted by atomic mass is 9.96.